The minimum Gasteiger partial charge on any atom is -0.396 e. The number of unbranched alkanes of at least 4 members (excludes halogenated alkanes) is 3. The fourth-order valence-corrected chi connectivity index (χ4v) is 1.14. The molecule has 0 radical (unpaired) electrons. The number of rotatable bonds is 9. The third-order valence-corrected chi connectivity index (χ3v) is 2.00. The monoisotopic (exact) mass is 188 g/mol. The van der Waals surface area contributed by atoms with Gasteiger partial charge < -0.3 is 15.3 Å². The van der Waals surface area contributed by atoms with Crippen molar-refractivity contribution in [3.8, 4) is 0 Å². The second-order valence-electron chi connectivity index (χ2n) is 3.69. The minimum atomic E-state index is 0.341. The van der Waals surface area contributed by atoms with Crippen LogP contribution in [0, 0.1) is 0 Å². The average molecular weight is 188 g/mol. The lowest BCUT2D eigenvalue weighted by molar-refractivity contribution is 0.282. The third-order valence-electron chi connectivity index (χ3n) is 2.00. The van der Waals surface area contributed by atoms with Crippen LogP contribution in [-0.2, 0) is 0 Å². The van der Waals surface area contributed by atoms with Gasteiger partial charge in [-0.1, -0.05) is 12.8 Å². The molecule has 0 heterocycles. The van der Waals surface area contributed by atoms with E-state index in [-0.39, 0.29) is 0 Å². The molecule has 0 saturated carbocycles. The van der Waals surface area contributed by atoms with E-state index in [1.54, 1.807) is 0 Å². The van der Waals surface area contributed by atoms with Crippen molar-refractivity contribution < 1.29 is 5.11 Å². The molecule has 0 atom stereocenters. The molecule has 0 aromatic rings. The first kappa shape index (κ1) is 12.9. The van der Waals surface area contributed by atoms with E-state index in [1.165, 1.54) is 12.8 Å². The average Bonchev–Trinajstić information content (AvgIpc) is 2.09. The molecule has 0 rings (SSSR count). The van der Waals surface area contributed by atoms with Gasteiger partial charge in [0.1, 0.15) is 0 Å². The molecule has 2 N–H and O–H groups in total. The highest BCUT2D eigenvalue weighted by Gasteiger charge is 1.91. The molecule has 0 aromatic heterocycles. The largest absolute Gasteiger partial charge is 0.396 e. The van der Waals surface area contributed by atoms with Crippen molar-refractivity contribution in [3.05, 3.63) is 0 Å². The second kappa shape index (κ2) is 9.96. The summed E-state index contributed by atoms with van der Waals surface area (Å²) in [6.45, 7) is 3.64. The van der Waals surface area contributed by atoms with Crippen LogP contribution in [0.2, 0.25) is 0 Å². The Morgan fingerprint density at radius 1 is 1.00 bits per heavy atom. The lowest BCUT2D eigenvalue weighted by Crippen LogP contribution is -2.27. The summed E-state index contributed by atoms with van der Waals surface area (Å²) in [7, 11) is 4.17. The maximum absolute atomic E-state index is 8.55. The van der Waals surface area contributed by atoms with E-state index in [2.05, 4.69) is 24.3 Å². The van der Waals surface area contributed by atoms with Crippen molar-refractivity contribution in [1.82, 2.24) is 10.2 Å². The molecule has 13 heavy (non-hydrogen) atoms. The topological polar surface area (TPSA) is 35.5 Å². The van der Waals surface area contributed by atoms with Crippen LogP contribution in [0.4, 0.5) is 0 Å². The van der Waals surface area contributed by atoms with E-state index < -0.39 is 0 Å². The van der Waals surface area contributed by atoms with Gasteiger partial charge >= 0.3 is 0 Å². The summed E-state index contributed by atoms with van der Waals surface area (Å²) in [6, 6.07) is 0. The zero-order valence-corrected chi connectivity index (χ0v) is 9.05. The molecule has 0 saturated heterocycles. The van der Waals surface area contributed by atoms with Crippen molar-refractivity contribution in [3.63, 3.8) is 0 Å². The molecule has 3 nitrogen and oxygen atoms in total. The predicted molar refractivity (Wildman–Crippen MR) is 57.0 cm³/mol. The van der Waals surface area contributed by atoms with E-state index >= 15 is 0 Å². The van der Waals surface area contributed by atoms with Gasteiger partial charge in [0.25, 0.3) is 0 Å². The summed E-state index contributed by atoms with van der Waals surface area (Å²) in [4.78, 5) is 2.18. The summed E-state index contributed by atoms with van der Waals surface area (Å²) >= 11 is 0. The summed E-state index contributed by atoms with van der Waals surface area (Å²) in [6.07, 6.45) is 4.58. The molecule has 3 heteroatoms. The molecule has 0 aliphatic heterocycles. The molecule has 0 unspecified atom stereocenters. The maximum Gasteiger partial charge on any atom is 0.0431 e. The van der Waals surface area contributed by atoms with Crippen LogP contribution < -0.4 is 5.32 Å². The van der Waals surface area contributed by atoms with Gasteiger partial charge in [-0.05, 0) is 33.5 Å². The Kier molecular flexibility index (Phi) is 9.87. The molecule has 0 aliphatic carbocycles. The van der Waals surface area contributed by atoms with Gasteiger partial charge in [-0.2, -0.15) is 0 Å². The normalized spacial score (nSPS) is 11.1. The van der Waals surface area contributed by atoms with Gasteiger partial charge in [-0.15, -0.1) is 0 Å². The molecule has 0 fully saturated rings. The quantitative estimate of drug-likeness (QED) is 0.523. The third kappa shape index (κ3) is 11.9. The lowest BCUT2D eigenvalue weighted by Gasteiger charge is -2.09. The first-order valence-corrected chi connectivity index (χ1v) is 5.23. The van der Waals surface area contributed by atoms with Gasteiger partial charge in [0, 0.05) is 19.7 Å². The van der Waals surface area contributed by atoms with Crippen molar-refractivity contribution in [2.24, 2.45) is 0 Å². The smallest absolute Gasteiger partial charge is 0.0431 e. The van der Waals surface area contributed by atoms with E-state index in [4.69, 9.17) is 5.11 Å². The Balaban J connectivity index is 2.84. The van der Waals surface area contributed by atoms with Crippen molar-refractivity contribution in [2.45, 2.75) is 25.7 Å². The van der Waals surface area contributed by atoms with Crippen molar-refractivity contribution in [1.29, 1.82) is 0 Å². The van der Waals surface area contributed by atoms with E-state index in [0.717, 1.165) is 32.5 Å². The van der Waals surface area contributed by atoms with Crippen LogP contribution in [-0.4, -0.2) is 50.3 Å². The lowest BCUT2D eigenvalue weighted by atomic mass is 10.2. The van der Waals surface area contributed by atoms with Crippen LogP contribution in [0.15, 0.2) is 0 Å². The molecule has 80 valence electrons. The highest BCUT2D eigenvalue weighted by Crippen LogP contribution is 1.97. The van der Waals surface area contributed by atoms with Crippen molar-refractivity contribution in [2.75, 3.05) is 40.3 Å². The second-order valence-corrected chi connectivity index (χ2v) is 3.69. The van der Waals surface area contributed by atoms with Gasteiger partial charge in [0.2, 0.25) is 0 Å². The van der Waals surface area contributed by atoms with Gasteiger partial charge in [0.15, 0.2) is 0 Å². The Labute approximate surface area is 82.1 Å². The van der Waals surface area contributed by atoms with Crippen LogP contribution >= 0.6 is 0 Å². The molecule has 0 aromatic carbocycles. The number of aliphatic hydroxyl groups excluding tert-OH is 1. The number of aliphatic hydroxyl groups is 1. The molecular weight excluding hydrogens is 164 g/mol. The zero-order chi connectivity index (χ0) is 9.94. The van der Waals surface area contributed by atoms with Crippen LogP contribution in [0.25, 0.3) is 0 Å². The Morgan fingerprint density at radius 2 is 1.69 bits per heavy atom. The molecule has 0 bridgehead atoms. The first-order chi connectivity index (χ1) is 6.27. The molecule has 0 amide bonds. The van der Waals surface area contributed by atoms with Crippen LogP contribution in [0.1, 0.15) is 25.7 Å². The highest BCUT2D eigenvalue weighted by atomic mass is 16.2. The van der Waals surface area contributed by atoms with E-state index in [1.807, 2.05) is 0 Å². The number of nitrogens with zero attached hydrogens (tertiary/aromatic N) is 1. The fraction of sp³-hybridized carbons (Fsp3) is 1.00. The maximum atomic E-state index is 8.55. The standard InChI is InChI=1S/C10H24N2O/c1-12(2)9-8-11-7-5-3-4-6-10-13/h11,13H,3-10H2,1-2H3. The highest BCUT2D eigenvalue weighted by molar-refractivity contribution is 4.51. The van der Waals surface area contributed by atoms with Crippen LogP contribution in [0.5, 0.6) is 0 Å². The van der Waals surface area contributed by atoms with E-state index in [9.17, 15) is 0 Å². The number of nitrogens with one attached hydrogen (secondary N) is 1. The Morgan fingerprint density at radius 3 is 2.31 bits per heavy atom. The first-order valence-electron chi connectivity index (χ1n) is 5.23. The zero-order valence-electron chi connectivity index (χ0n) is 9.05. The Bertz CT molecular complexity index is 96.9. The summed E-state index contributed by atoms with van der Waals surface area (Å²) in [5, 5.41) is 11.9. The number of likely N-dealkylation sites (N-methyl/N-ethyl adjacent to an activating group) is 1. The summed E-state index contributed by atoms with van der Waals surface area (Å²) in [5.41, 5.74) is 0. The van der Waals surface area contributed by atoms with Crippen molar-refractivity contribution >= 4 is 0 Å². The summed E-state index contributed by atoms with van der Waals surface area (Å²) < 4.78 is 0. The van der Waals surface area contributed by atoms with Crippen LogP contribution in [0.3, 0.4) is 0 Å². The fourth-order valence-electron chi connectivity index (χ4n) is 1.14. The minimum absolute atomic E-state index is 0.341. The SMILES string of the molecule is CN(C)CCNCCCCCCO. The molecule has 0 spiro atoms. The predicted octanol–water partition coefficient (Wildman–Crippen LogP) is 0.690. The molecular formula is C10H24N2O. The van der Waals surface area contributed by atoms with E-state index in [0.29, 0.717) is 6.61 Å². The van der Waals surface area contributed by atoms with Gasteiger partial charge in [-0.25, -0.2) is 0 Å². The van der Waals surface area contributed by atoms with Gasteiger partial charge in [0.05, 0.1) is 0 Å². The number of hydrogen-bond acceptors (Lipinski definition) is 3. The Hall–Kier alpha value is -0.120. The number of hydrogen-bond donors (Lipinski definition) is 2. The molecule has 0 aliphatic rings. The van der Waals surface area contributed by atoms with Gasteiger partial charge in [-0.3, -0.25) is 0 Å². The summed E-state index contributed by atoms with van der Waals surface area (Å²) in [5.74, 6) is 0.